The lowest BCUT2D eigenvalue weighted by molar-refractivity contribution is -0.139. The van der Waals surface area contributed by atoms with E-state index in [0.29, 0.717) is 37.6 Å². The van der Waals surface area contributed by atoms with Gasteiger partial charge in [-0.15, -0.1) is 0 Å². The zero-order chi connectivity index (χ0) is 24.9. The number of amides is 3. The summed E-state index contributed by atoms with van der Waals surface area (Å²) in [7, 11) is 0. The van der Waals surface area contributed by atoms with E-state index in [4.69, 9.17) is 16.3 Å². The molecule has 1 atom stereocenters. The van der Waals surface area contributed by atoms with Crippen LogP contribution in [0.25, 0.3) is 0 Å². The zero-order valence-electron chi connectivity index (χ0n) is 18.5. The molecule has 0 spiro atoms. The Morgan fingerprint density at radius 3 is 2.40 bits per heavy atom. The highest BCUT2D eigenvalue weighted by molar-refractivity contribution is 9.10. The first-order chi connectivity index (χ1) is 16.7. The number of anilines is 2. The van der Waals surface area contributed by atoms with Gasteiger partial charge in [0.2, 0.25) is 5.91 Å². The number of halogens is 2. The van der Waals surface area contributed by atoms with Crippen molar-refractivity contribution in [3.8, 4) is 5.75 Å². The number of esters is 1. The van der Waals surface area contributed by atoms with Crippen LogP contribution in [0, 0.1) is 12.8 Å². The normalized spacial score (nSPS) is 17.2. The second-order valence-electron chi connectivity index (χ2n) is 8.39. The molecule has 9 heteroatoms. The van der Waals surface area contributed by atoms with E-state index in [1.54, 1.807) is 61.5 Å². The van der Waals surface area contributed by atoms with E-state index in [2.05, 4.69) is 15.9 Å². The van der Waals surface area contributed by atoms with Crippen LogP contribution in [-0.4, -0.2) is 30.2 Å². The maximum absolute atomic E-state index is 12.9. The smallest absolute Gasteiger partial charge is 0.316 e. The standard InChI is InChI=1S/C26H18BrClN2O5/c1-14-10-19(7-9-22(14)30-24(32)20-8-2-16(27)12-21(20)25(30)33)35-26(34)15-11-23(31)29(13-15)18-5-3-17(28)4-6-18/h2-10,12,15H,11,13H2,1H3/t15-/m0/s1. The Morgan fingerprint density at radius 1 is 0.971 bits per heavy atom. The van der Waals surface area contributed by atoms with Crippen LogP contribution < -0.4 is 14.5 Å². The predicted molar refractivity (Wildman–Crippen MR) is 134 cm³/mol. The van der Waals surface area contributed by atoms with Crippen LogP contribution >= 0.6 is 27.5 Å². The minimum atomic E-state index is -0.618. The maximum atomic E-state index is 12.9. The largest absolute Gasteiger partial charge is 0.426 e. The quantitative estimate of drug-likeness (QED) is 0.253. The third-order valence-electron chi connectivity index (χ3n) is 6.07. The molecule has 2 aliphatic heterocycles. The number of benzene rings is 3. The van der Waals surface area contributed by atoms with E-state index in [0.717, 1.165) is 4.90 Å². The Kier molecular flexibility index (Phi) is 5.94. The van der Waals surface area contributed by atoms with Crippen molar-refractivity contribution < 1.29 is 23.9 Å². The van der Waals surface area contributed by atoms with Crippen LogP contribution in [0.15, 0.2) is 65.1 Å². The highest BCUT2D eigenvalue weighted by Gasteiger charge is 2.38. The van der Waals surface area contributed by atoms with E-state index in [9.17, 15) is 19.2 Å². The number of carbonyl (C=O) groups excluding carboxylic acids is 4. The van der Waals surface area contributed by atoms with Gasteiger partial charge in [0.25, 0.3) is 11.8 Å². The molecule has 5 rings (SSSR count). The summed E-state index contributed by atoms with van der Waals surface area (Å²) >= 11 is 9.24. The van der Waals surface area contributed by atoms with Gasteiger partial charge in [0, 0.05) is 28.1 Å². The van der Waals surface area contributed by atoms with Crippen molar-refractivity contribution in [2.45, 2.75) is 13.3 Å². The van der Waals surface area contributed by atoms with Crippen LogP contribution in [0.1, 0.15) is 32.7 Å². The van der Waals surface area contributed by atoms with Gasteiger partial charge in [0.1, 0.15) is 5.75 Å². The number of hydrogen-bond acceptors (Lipinski definition) is 5. The van der Waals surface area contributed by atoms with Gasteiger partial charge in [-0.25, -0.2) is 4.90 Å². The van der Waals surface area contributed by atoms with Crippen molar-refractivity contribution in [3.05, 3.63) is 86.8 Å². The molecule has 1 saturated heterocycles. The van der Waals surface area contributed by atoms with E-state index in [1.807, 2.05) is 0 Å². The number of carbonyl (C=O) groups is 4. The molecule has 0 N–H and O–H groups in total. The minimum Gasteiger partial charge on any atom is -0.426 e. The highest BCUT2D eigenvalue weighted by Crippen LogP contribution is 2.34. The molecule has 35 heavy (non-hydrogen) atoms. The summed E-state index contributed by atoms with van der Waals surface area (Å²) in [5.41, 5.74) is 2.34. The van der Waals surface area contributed by atoms with Crippen molar-refractivity contribution >= 4 is 62.6 Å². The Labute approximate surface area is 214 Å². The first-order valence-corrected chi connectivity index (χ1v) is 12.0. The van der Waals surface area contributed by atoms with Gasteiger partial charge in [-0.2, -0.15) is 0 Å². The fourth-order valence-corrected chi connectivity index (χ4v) is 4.80. The second-order valence-corrected chi connectivity index (χ2v) is 9.74. The summed E-state index contributed by atoms with van der Waals surface area (Å²) in [5.74, 6) is -1.85. The number of aryl methyl sites for hydroxylation is 1. The lowest BCUT2D eigenvalue weighted by atomic mass is 10.1. The van der Waals surface area contributed by atoms with Crippen LogP contribution in [0.2, 0.25) is 5.02 Å². The van der Waals surface area contributed by atoms with Crippen molar-refractivity contribution in [2.24, 2.45) is 5.92 Å². The maximum Gasteiger partial charge on any atom is 0.316 e. The topological polar surface area (TPSA) is 84.0 Å². The van der Waals surface area contributed by atoms with Crippen molar-refractivity contribution in [3.63, 3.8) is 0 Å². The summed E-state index contributed by atoms with van der Waals surface area (Å²) in [6.45, 7) is 1.94. The van der Waals surface area contributed by atoms with Gasteiger partial charge >= 0.3 is 5.97 Å². The van der Waals surface area contributed by atoms with Gasteiger partial charge in [0.15, 0.2) is 0 Å². The third kappa shape index (κ3) is 4.24. The molecule has 176 valence electrons. The average Bonchev–Trinajstić information content (AvgIpc) is 3.32. The van der Waals surface area contributed by atoms with Crippen molar-refractivity contribution in [2.75, 3.05) is 16.3 Å². The van der Waals surface area contributed by atoms with E-state index < -0.39 is 23.7 Å². The first-order valence-electron chi connectivity index (χ1n) is 10.8. The molecule has 0 unspecified atom stereocenters. The van der Waals surface area contributed by atoms with Crippen LogP contribution in [0.5, 0.6) is 5.75 Å². The van der Waals surface area contributed by atoms with Crippen LogP contribution in [0.3, 0.4) is 0 Å². The van der Waals surface area contributed by atoms with Crippen molar-refractivity contribution in [1.82, 2.24) is 0 Å². The molecule has 7 nitrogen and oxygen atoms in total. The highest BCUT2D eigenvalue weighted by atomic mass is 79.9. The molecule has 0 saturated carbocycles. The number of fused-ring (bicyclic) bond motifs is 1. The lowest BCUT2D eigenvalue weighted by Gasteiger charge is -2.18. The summed E-state index contributed by atoms with van der Waals surface area (Å²) in [6.07, 6.45) is 0.0448. The fraction of sp³-hybridized carbons (Fsp3) is 0.154. The van der Waals surface area contributed by atoms with Gasteiger partial charge < -0.3 is 9.64 Å². The number of hydrogen-bond donors (Lipinski definition) is 0. The fourth-order valence-electron chi connectivity index (χ4n) is 4.31. The van der Waals surface area contributed by atoms with Crippen molar-refractivity contribution in [1.29, 1.82) is 0 Å². The summed E-state index contributed by atoms with van der Waals surface area (Å²) in [4.78, 5) is 53.7. The van der Waals surface area contributed by atoms with E-state index >= 15 is 0 Å². The lowest BCUT2D eigenvalue weighted by Crippen LogP contribution is -2.30. The Morgan fingerprint density at radius 2 is 1.69 bits per heavy atom. The molecule has 0 radical (unpaired) electrons. The summed E-state index contributed by atoms with van der Waals surface area (Å²) < 4.78 is 6.25. The molecule has 2 aliphatic rings. The molecule has 0 aromatic heterocycles. The number of nitrogens with zero attached hydrogens (tertiary/aromatic N) is 2. The SMILES string of the molecule is Cc1cc(OC(=O)[C@H]2CC(=O)N(c3ccc(Cl)cc3)C2)ccc1N1C(=O)c2ccc(Br)cc2C1=O. The molecule has 2 heterocycles. The zero-order valence-corrected chi connectivity index (χ0v) is 20.8. The third-order valence-corrected chi connectivity index (χ3v) is 6.82. The molecule has 3 aromatic rings. The molecular weight excluding hydrogens is 536 g/mol. The van der Waals surface area contributed by atoms with Crippen LogP contribution in [0.4, 0.5) is 11.4 Å². The summed E-state index contributed by atoms with van der Waals surface area (Å²) in [6, 6.07) is 16.5. The Balaban J connectivity index is 1.30. The van der Waals surface area contributed by atoms with E-state index in [1.165, 1.54) is 11.0 Å². The Bertz CT molecular complexity index is 1410. The monoisotopic (exact) mass is 552 g/mol. The second kappa shape index (κ2) is 8.94. The molecule has 1 fully saturated rings. The van der Waals surface area contributed by atoms with E-state index in [-0.39, 0.29) is 24.6 Å². The van der Waals surface area contributed by atoms with Gasteiger partial charge in [-0.05, 0) is 73.2 Å². The minimum absolute atomic E-state index is 0.0448. The Hall–Kier alpha value is -3.49. The average molecular weight is 554 g/mol. The molecule has 0 bridgehead atoms. The van der Waals surface area contributed by atoms with Gasteiger partial charge in [0.05, 0.1) is 22.7 Å². The molecule has 3 aromatic carbocycles. The number of imide groups is 1. The molecule has 3 amide bonds. The first kappa shape index (κ1) is 23.3. The predicted octanol–water partition coefficient (Wildman–Crippen LogP) is 5.17. The van der Waals surface area contributed by atoms with Gasteiger partial charge in [-0.1, -0.05) is 27.5 Å². The number of ether oxygens (including phenoxy) is 1. The van der Waals surface area contributed by atoms with Crippen LogP contribution in [-0.2, 0) is 9.59 Å². The summed E-state index contributed by atoms with van der Waals surface area (Å²) in [5, 5.41) is 0.559. The molecular formula is C26H18BrClN2O5. The van der Waals surface area contributed by atoms with Gasteiger partial charge in [-0.3, -0.25) is 19.2 Å². The number of rotatable bonds is 4. The molecule has 0 aliphatic carbocycles.